The number of amides is 2. The van der Waals surface area contributed by atoms with Crippen LogP contribution in [0, 0.1) is 0 Å². The van der Waals surface area contributed by atoms with Crippen LogP contribution in [0.4, 0.5) is 0 Å². The molecule has 0 aliphatic carbocycles. The van der Waals surface area contributed by atoms with Crippen LogP contribution >= 0.6 is 0 Å². The van der Waals surface area contributed by atoms with Crippen LogP contribution in [0.3, 0.4) is 0 Å². The van der Waals surface area contributed by atoms with Gasteiger partial charge in [0.25, 0.3) is 0 Å². The van der Waals surface area contributed by atoms with E-state index in [-0.39, 0.29) is 24.8 Å². The van der Waals surface area contributed by atoms with Gasteiger partial charge in [-0.2, -0.15) is 0 Å². The van der Waals surface area contributed by atoms with Gasteiger partial charge >= 0.3 is 0 Å². The predicted octanol–water partition coefficient (Wildman–Crippen LogP) is 4.17. The van der Waals surface area contributed by atoms with Gasteiger partial charge < -0.3 is 24.4 Å². The molecule has 3 aromatic carbocycles. The van der Waals surface area contributed by atoms with Gasteiger partial charge in [0, 0.05) is 26.8 Å². The Balaban J connectivity index is 1.95. The molecule has 36 heavy (non-hydrogen) atoms. The minimum Gasteiger partial charge on any atom is -0.493 e. The number of nitrogens with one attached hydrogen (secondary N) is 1. The van der Waals surface area contributed by atoms with Gasteiger partial charge in [-0.05, 0) is 35.2 Å². The summed E-state index contributed by atoms with van der Waals surface area (Å²) in [5, 5.41) is 2.99. The Bertz CT molecular complexity index is 1110. The van der Waals surface area contributed by atoms with E-state index in [4.69, 9.17) is 14.2 Å². The van der Waals surface area contributed by atoms with Crippen molar-refractivity contribution in [2.75, 3.05) is 34.5 Å². The van der Waals surface area contributed by atoms with Gasteiger partial charge in [0.05, 0.1) is 20.6 Å². The van der Waals surface area contributed by atoms with Crippen molar-refractivity contribution in [2.45, 2.75) is 25.4 Å². The summed E-state index contributed by atoms with van der Waals surface area (Å²) in [6, 6.07) is 23.7. The lowest BCUT2D eigenvalue weighted by Crippen LogP contribution is -2.44. The summed E-state index contributed by atoms with van der Waals surface area (Å²) >= 11 is 0. The van der Waals surface area contributed by atoms with Crippen molar-refractivity contribution in [3.63, 3.8) is 0 Å². The normalized spacial score (nSPS) is 11.4. The average Bonchev–Trinajstić information content (AvgIpc) is 2.91. The van der Waals surface area contributed by atoms with Crippen molar-refractivity contribution < 1.29 is 23.8 Å². The second-order valence-corrected chi connectivity index (χ2v) is 8.32. The van der Waals surface area contributed by atoms with Crippen LogP contribution in [0.25, 0.3) is 0 Å². The molecule has 0 spiro atoms. The molecule has 0 heterocycles. The molecule has 0 unspecified atom stereocenters. The van der Waals surface area contributed by atoms with E-state index in [0.29, 0.717) is 31.1 Å². The summed E-state index contributed by atoms with van der Waals surface area (Å²) in [6.07, 6.45) is 0.787. The number of hydrogen-bond acceptors (Lipinski definition) is 5. The molecule has 0 bridgehead atoms. The molecule has 0 aliphatic heterocycles. The summed E-state index contributed by atoms with van der Waals surface area (Å²) in [5.41, 5.74) is 2.45. The Morgan fingerprint density at radius 3 is 2.14 bits per heavy atom. The van der Waals surface area contributed by atoms with Gasteiger partial charge in [-0.15, -0.1) is 0 Å². The van der Waals surface area contributed by atoms with Crippen molar-refractivity contribution in [1.29, 1.82) is 0 Å². The number of methoxy groups -OCH3 is 3. The molecule has 190 valence electrons. The first-order chi connectivity index (χ1) is 17.6. The number of ether oxygens (including phenoxy) is 3. The highest BCUT2D eigenvalue weighted by Gasteiger charge is 2.31. The number of hydrogen-bond donors (Lipinski definition) is 1. The number of carbonyl (C=O) groups excluding carboxylic acids is 2. The highest BCUT2D eigenvalue weighted by atomic mass is 16.5. The smallest absolute Gasteiger partial charge is 0.247 e. The minimum absolute atomic E-state index is 0.105. The molecule has 0 saturated heterocycles. The van der Waals surface area contributed by atoms with Crippen LogP contribution in [0.1, 0.15) is 29.2 Å². The number of nitrogens with zero attached hydrogens (tertiary/aromatic N) is 1. The molecular formula is C29H34N2O5. The van der Waals surface area contributed by atoms with E-state index in [0.717, 1.165) is 16.7 Å². The van der Waals surface area contributed by atoms with Gasteiger partial charge in [0.2, 0.25) is 11.8 Å². The lowest BCUT2D eigenvalue weighted by Gasteiger charge is -2.32. The third-order valence-corrected chi connectivity index (χ3v) is 5.82. The maximum absolute atomic E-state index is 13.8. The lowest BCUT2D eigenvalue weighted by molar-refractivity contribution is -0.141. The molecule has 7 heteroatoms. The molecule has 0 saturated carbocycles. The van der Waals surface area contributed by atoms with Gasteiger partial charge in [-0.25, -0.2) is 0 Å². The molecule has 1 atom stereocenters. The zero-order valence-electron chi connectivity index (χ0n) is 21.1. The second kappa shape index (κ2) is 13.9. The van der Waals surface area contributed by atoms with Gasteiger partial charge in [0.1, 0.15) is 6.04 Å². The van der Waals surface area contributed by atoms with Crippen LogP contribution in [-0.4, -0.2) is 51.2 Å². The van der Waals surface area contributed by atoms with E-state index in [1.165, 1.54) is 0 Å². The van der Waals surface area contributed by atoms with E-state index in [2.05, 4.69) is 5.32 Å². The molecule has 3 aromatic rings. The lowest BCUT2D eigenvalue weighted by atomic mass is 10.0. The van der Waals surface area contributed by atoms with Crippen LogP contribution in [-0.2, 0) is 27.3 Å². The van der Waals surface area contributed by atoms with Crippen LogP contribution in [0.15, 0.2) is 78.9 Å². The van der Waals surface area contributed by atoms with Crippen molar-refractivity contribution in [3.8, 4) is 11.5 Å². The van der Waals surface area contributed by atoms with E-state index in [9.17, 15) is 9.59 Å². The maximum atomic E-state index is 13.8. The monoisotopic (exact) mass is 490 g/mol. The van der Waals surface area contributed by atoms with Crippen molar-refractivity contribution >= 4 is 11.8 Å². The zero-order valence-corrected chi connectivity index (χ0v) is 21.1. The number of benzene rings is 3. The molecule has 0 aromatic heterocycles. The van der Waals surface area contributed by atoms with Gasteiger partial charge in [-0.1, -0.05) is 66.7 Å². The second-order valence-electron chi connectivity index (χ2n) is 8.32. The first-order valence-electron chi connectivity index (χ1n) is 11.9. The van der Waals surface area contributed by atoms with Gasteiger partial charge in [0.15, 0.2) is 11.5 Å². The molecule has 0 radical (unpaired) electrons. The Kier molecular flexibility index (Phi) is 10.3. The van der Waals surface area contributed by atoms with Crippen LogP contribution in [0.2, 0.25) is 0 Å². The summed E-state index contributed by atoms with van der Waals surface area (Å²) in [6.45, 7) is 1.29. The van der Waals surface area contributed by atoms with Crippen molar-refractivity contribution in [3.05, 3.63) is 95.6 Å². The molecule has 0 aliphatic rings. The minimum atomic E-state index is -0.790. The Morgan fingerprint density at radius 1 is 0.833 bits per heavy atom. The Labute approximate surface area is 213 Å². The summed E-state index contributed by atoms with van der Waals surface area (Å²) in [5.74, 6) is 0.737. The fourth-order valence-electron chi connectivity index (χ4n) is 4.00. The quantitative estimate of drug-likeness (QED) is 0.364. The number of carbonyl (C=O) groups is 2. The average molecular weight is 491 g/mol. The fourth-order valence-corrected chi connectivity index (χ4v) is 4.00. The predicted molar refractivity (Wildman–Crippen MR) is 139 cm³/mol. The van der Waals surface area contributed by atoms with E-state index < -0.39 is 6.04 Å². The third-order valence-electron chi connectivity index (χ3n) is 5.82. The van der Waals surface area contributed by atoms with Crippen molar-refractivity contribution in [2.24, 2.45) is 0 Å². The van der Waals surface area contributed by atoms with E-state index in [1.807, 2.05) is 66.7 Å². The topological polar surface area (TPSA) is 77.1 Å². The Morgan fingerprint density at radius 2 is 1.50 bits per heavy atom. The first-order valence-corrected chi connectivity index (χ1v) is 11.9. The highest BCUT2D eigenvalue weighted by Crippen LogP contribution is 2.29. The molecule has 3 rings (SSSR count). The van der Waals surface area contributed by atoms with Crippen molar-refractivity contribution in [1.82, 2.24) is 10.2 Å². The largest absolute Gasteiger partial charge is 0.493 e. The summed E-state index contributed by atoms with van der Waals surface area (Å²) in [4.78, 5) is 29.0. The van der Waals surface area contributed by atoms with E-state index in [1.54, 1.807) is 38.4 Å². The molecule has 7 nitrogen and oxygen atoms in total. The molecule has 0 fully saturated rings. The summed E-state index contributed by atoms with van der Waals surface area (Å²) in [7, 11) is 4.76. The molecular weight excluding hydrogens is 456 g/mol. The third kappa shape index (κ3) is 7.33. The standard InChI is InChI=1S/C29H34N2O5/c1-34-18-10-17-30-29(33)28(24-13-8-5-9-14-24)31(21-22-11-6-4-7-12-22)27(32)20-23-15-16-25(35-2)26(19-23)36-3/h4-9,11-16,19,28H,10,17-18,20-21H2,1-3H3,(H,30,33)/t28-/m0/s1. The van der Waals surface area contributed by atoms with Gasteiger partial charge in [-0.3, -0.25) is 9.59 Å². The fraction of sp³-hybridized carbons (Fsp3) is 0.310. The van der Waals surface area contributed by atoms with E-state index >= 15 is 0 Å². The SMILES string of the molecule is COCCCNC(=O)[C@H](c1ccccc1)N(Cc1ccccc1)C(=O)Cc1ccc(OC)c(OC)c1. The molecule has 2 amide bonds. The zero-order chi connectivity index (χ0) is 25.8. The highest BCUT2D eigenvalue weighted by molar-refractivity contribution is 5.89. The Hall–Kier alpha value is -3.84. The summed E-state index contributed by atoms with van der Waals surface area (Å²) < 4.78 is 15.8. The van der Waals surface area contributed by atoms with Crippen LogP contribution < -0.4 is 14.8 Å². The molecule has 1 N–H and O–H groups in total. The number of rotatable bonds is 13. The maximum Gasteiger partial charge on any atom is 0.247 e. The van der Waals surface area contributed by atoms with Crippen LogP contribution in [0.5, 0.6) is 11.5 Å². The first kappa shape index (κ1) is 26.8.